The molecule has 11 heavy (non-hydrogen) atoms. The number of alkyl halides is 2. The lowest BCUT2D eigenvalue weighted by atomic mass is 10.0. The van der Waals surface area contributed by atoms with Crippen LogP contribution in [0.25, 0.3) is 0 Å². The monoisotopic (exact) mass is 382 g/mol. The number of carboxylic acids is 1. The van der Waals surface area contributed by atoms with Crippen LogP contribution >= 0.6 is 45.2 Å². The first-order chi connectivity index (χ1) is 5.20. The van der Waals surface area contributed by atoms with E-state index in [1.807, 2.05) is 0 Å². The molecule has 4 heteroatoms. The van der Waals surface area contributed by atoms with Gasteiger partial charge in [0.2, 0.25) is 0 Å². The van der Waals surface area contributed by atoms with Gasteiger partial charge >= 0.3 is 5.97 Å². The van der Waals surface area contributed by atoms with Crippen molar-refractivity contribution >= 4 is 51.2 Å². The maximum absolute atomic E-state index is 10.3. The lowest BCUT2D eigenvalue weighted by Crippen LogP contribution is -2.09. The second-order valence-corrected chi connectivity index (χ2v) is 4.41. The standard InChI is InChI=1S/C7H12I2O2/c8-3-1-2-6(5-9)4-7(10)11/h6H,1-5H2,(H,10,11). The maximum atomic E-state index is 10.3. The van der Waals surface area contributed by atoms with E-state index in [0.717, 1.165) is 21.7 Å². The van der Waals surface area contributed by atoms with E-state index in [4.69, 9.17) is 5.11 Å². The molecule has 0 aromatic carbocycles. The van der Waals surface area contributed by atoms with Crippen LogP contribution in [-0.2, 0) is 4.79 Å². The number of aliphatic carboxylic acids is 1. The van der Waals surface area contributed by atoms with Crippen molar-refractivity contribution in [2.45, 2.75) is 19.3 Å². The van der Waals surface area contributed by atoms with E-state index in [1.54, 1.807) is 0 Å². The van der Waals surface area contributed by atoms with E-state index < -0.39 is 5.97 Å². The van der Waals surface area contributed by atoms with Gasteiger partial charge in [-0.1, -0.05) is 45.2 Å². The number of halogens is 2. The quantitative estimate of drug-likeness (QED) is 0.567. The first-order valence-corrected chi connectivity index (χ1v) is 6.59. The molecule has 0 heterocycles. The molecule has 66 valence electrons. The number of carbonyl (C=O) groups is 1. The molecular weight excluding hydrogens is 370 g/mol. The highest BCUT2D eigenvalue weighted by atomic mass is 127. The fourth-order valence-electron chi connectivity index (χ4n) is 0.847. The Balaban J connectivity index is 3.49. The molecule has 0 saturated carbocycles. The molecule has 0 aromatic heterocycles. The van der Waals surface area contributed by atoms with Crippen molar-refractivity contribution in [3.8, 4) is 0 Å². The summed E-state index contributed by atoms with van der Waals surface area (Å²) in [5.74, 6) is -0.289. The molecule has 2 nitrogen and oxygen atoms in total. The van der Waals surface area contributed by atoms with Gasteiger partial charge in [-0.2, -0.15) is 0 Å². The van der Waals surface area contributed by atoms with Crippen molar-refractivity contribution in [1.82, 2.24) is 0 Å². The van der Waals surface area contributed by atoms with E-state index in [0.29, 0.717) is 12.3 Å². The van der Waals surface area contributed by atoms with Crippen molar-refractivity contribution in [2.75, 3.05) is 8.86 Å². The van der Waals surface area contributed by atoms with Gasteiger partial charge in [-0.3, -0.25) is 4.79 Å². The van der Waals surface area contributed by atoms with Gasteiger partial charge in [0.15, 0.2) is 0 Å². The van der Waals surface area contributed by atoms with Gasteiger partial charge in [-0.15, -0.1) is 0 Å². The molecular formula is C7H12I2O2. The summed E-state index contributed by atoms with van der Waals surface area (Å²) in [6.07, 6.45) is 2.53. The summed E-state index contributed by atoms with van der Waals surface area (Å²) < 4.78 is 2.09. The van der Waals surface area contributed by atoms with Crippen LogP contribution in [0.1, 0.15) is 19.3 Å². The molecule has 0 amide bonds. The zero-order valence-electron chi connectivity index (χ0n) is 6.22. The Morgan fingerprint density at radius 3 is 2.45 bits per heavy atom. The lowest BCUT2D eigenvalue weighted by molar-refractivity contribution is -0.137. The van der Waals surface area contributed by atoms with E-state index in [1.165, 1.54) is 0 Å². The highest BCUT2D eigenvalue weighted by molar-refractivity contribution is 14.1. The fourth-order valence-corrected chi connectivity index (χ4v) is 2.04. The summed E-state index contributed by atoms with van der Waals surface area (Å²) in [4.78, 5) is 10.3. The zero-order chi connectivity index (χ0) is 8.69. The SMILES string of the molecule is O=C(O)CC(CI)CCCI. The van der Waals surface area contributed by atoms with Gasteiger partial charge in [-0.05, 0) is 23.2 Å². The van der Waals surface area contributed by atoms with E-state index in [2.05, 4.69) is 45.2 Å². The molecule has 0 saturated heterocycles. The molecule has 0 aromatic rings. The van der Waals surface area contributed by atoms with Crippen LogP contribution in [0.3, 0.4) is 0 Å². The lowest BCUT2D eigenvalue weighted by Gasteiger charge is -2.08. The molecule has 0 rings (SSSR count). The molecule has 0 fully saturated rings. The third kappa shape index (κ3) is 7.30. The minimum atomic E-state index is -0.667. The largest absolute Gasteiger partial charge is 0.481 e. The smallest absolute Gasteiger partial charge is 0.303 e. The van der Waals surface area contributed by atoms with Crippen LogP contribution in [-0.4, -0.2) is 19.9 Å². The average Bonchev–Trinajstić information content (AvgIpc) is 1.97. The Morgan fingerprint density at radius 1 is 1.45 bits per heavy atom. The Hall–Kier alpha value is 0.930. The summed E-state index contributed by atoms with van der Waals surface area (Å²) >= 11 is 4.58. The molecule has 1 atom stereocenters. The first kappa shape index (κ1) is 11.9. The maximum Gasteiger partial charge on any atom is 0.303 e. The molecule has 0 bridgehead atoms. The Bertz CT molecular complexity index is 117. The molecule has 1 unspecified atom stereocenters. The highest BCUT2D eigenvalue weighted by Crippen LogP contribution is 2.15. The number of hydrogen-bond acceptors (Lipinski definition) is 1. The van der Waals surface area contributed by atoms with Crippen LogP contribution in [0.15, 0.2) is 0 Å². The van der Waals surface area contributed by atoms with Gasteiger partial charge in [-0.25, -0.2) is 0 Å². The number of hydrogen-bond donors (Lipinski definition) is 1. The molecule has 1 N–H and O–H groups in total. The normalized spacial score (nSPS) is 12.9. The van der Waals surface area contributed by atoms with Crippen molar-refractivity contribution < 1.29 is 9.90 Å². The number of carboxylic acid groups (broad SMARTS) is 1. The molecule has 0 radical (unpaired) electrons. The van der Waals surface area contributed by atoms with Crippen molar-refractivity contribution in [1.29, 1.82) is 0 Å². The summed E-state index contributed by atoms with van der Waals surface area (Å²) in [6.45, 7) is 0. The molecule has 0 aliphatic heterocycles. The van der Waals surface area contributed by atoms with Crippen LogP contribution in [0.2, 0.25) is 0 Å². The van der Waals surface area contributed by atoms with E-state index in [9.17, 15) is 4.79 Å². The summed E-state index contributed by atoms with van der Waals surface area (Å²) in [5.41, 5.74) is 0. The molecule has 0 spiro atoms. The summed E-state index contributed by atoms with van der Waals surface area (Å²) in [6, 6.07) is 0. The van der Waals surface area contributed by atoms with Crippen LogP contribution < -0.4 is 0 Å². The van der Waals surface area contributed by atoms with Gasteiger partial charge in [0.1, 0.15) is 0 Å². The first-order valence-electron chi connectivity index (χ1n) is 3.54. The summed E-state index contributed by atoms with van der Waals surface area (Å²) in [7, 11) is 0. The van der Waals surface area contributed by atoms with Crippen molar-refractivity contribution in [3.05, 3.63) is 0 Å². The van der Waals surface area contributed by atoms with Gasteiger partial charge in [0.05, 0.1) is 0 Å². The minimum absolute atomic E-state index is 0.333. The molecule has 0 aliphatic carbocycles. The Labute approximate surface area is 94.4 Å². The van der Waals surface area contributed by atoms with Crippen LogP contribution in [0.4, 0.5) is 0 Å². The van der Waals surface area contributed by atoms with E-state index >= 15 is 0 Å². The Morgan fingerprint density at radius 2 is 2.09 bits per heavy atom. The molecule has 0 aliphatic rings. The Kier molecular flexibility index (Phi) is 8.21. The predicted octanol–water partition coefficient (Wildman–Crippen LogP) is 2.73. The zero-order valence-corrected chi connectivity index (χ0v) is 10.5. The third-order valence-electron chi connectivity index (χ3n) is 1.43. The second kappa shape index (κ2) is 7.57. The summed E-state index contributed by atoms with van der Waals surface area (Å²) in [5, 5.41) is 8.51. The van der Waals surface area contributed by atoms with Crippen LogP contribution in [0, 0.1) is 5.92 Å². The van der Waals surface area contributed by atoms with E-state index in [-0.39, 0.29) is 0 Å². The third-order valence-corrected chi connectivity index (χ3v) is 3.44. The fraction of sp³-hybridized carbons (Fsp3) is 0.857. The average molecular weight is 382 g/mol. The van der Waals surface area contributed by atoms with Gasteiger partial charge < -0.3 is 5.11 Å². The predicted molar refractivity (Wildman–Crippen MR) is 62.8 cm³/mol. The van der Waals surface area contributed by atoms with Crippen molar-refractivity contribution in [3.63, 3.8) is 0 Å². The van der Waals surface area contributed by atoms with Crippen LogP contribution in [0.5, 0.6) is 0 Å². The highest BCUT2D eigenvalue weighted by Gasteiger charge is 2.10. The minimum Gasteiger partial charge on any atom is -0.481 e. The van der Waals surface area contributed by atoms with Gasteiger partial charge in [0, 0.05) is 10.8 Å². The second-order valence-electron chi connectivity index (χ2n) is 2.45. The number of rotatable bonds is 6. The van der Waals surface area contributed by atoms with Gasteiger partial charge in [0.25, 0.3) is 0 Å². The van der Waals surface area contributed by atoms with Crippen molar-refractivity contribution in [2.24, 2.45) is 5.92 Å². The topological polar surface area (TPSA) is 37.3 Å².